The summed E-state index contributed by atoms with van der Waals surface area (Å²) in [6.45, 7) is 0.188. The molecule has 0 radical (unpaired) electrons. The second-order valence-electron chi connectivity index (χ2n) is 2.94. The van der Waals surface area contributed by atoms with Gasteiger partial charge < -0.3 is 9.47 Å². The summed E-state index contributed by atoms with van der Waals surface area (Å²) in [7, 11) is 1.29. The molecule has 0 aliphatic heterocycles. The molecule has 1 heterocycles. The van der Waals surface area contributed by atoms with Crippen LogP contribution in [0.15, 0.2) is 6.07 Å². The van der Waals surface area contributed by atoms with Gasteiger partial charge in [-0.05, 0) is 12.5 Å². The second kappa shape index (κ2) is 4.54. The average molecular weight is 239 g/mol. The number of alkyl halides is 4. The number of rotatable bonds is 3. The zero-order valence-electron chi connectivity index (χ0n) is 8.56. The highest BCUT2D eigenvalue weighted by molar-refractivity contribution is 5.39. The molecule has 0 atom stereocenters. The van der Waals surface area contributed by atoms with Crippen molar-refractivity contribution in [1.82, 2.24) is 4.98 Å². The summed E-state index contributed by atoms with van der Waals surface area (Å²) < 4.78 is 56.9. The van der Waals surface area contributed by atoms with Gasteiger partial charge in [-0.25, -0.2) is 9.37 Å². The number of aromatic nitrogens is 1. The topological polar surface area (TPSA) is 31.4 Å². The summed E-state index contributed by atoms with van der Waals surface area (Å²) in [5.41, 5.74) is -0.328. The quantitative estimate of drug-likeness (QED) is 0.760. The van der Waals surface area contributed by atoms with Gasteiger partial charge in [0.15, 0.2) is 5.75 Å². The number of nitrogens with zero attached hydrogens (tertiary/aromatic N) is 1. The Morgan fingerprint density at radius 2 is 2.00 bits per heavy atom. The van der Waals surface area contributed by atoms with Crippen LogP contribution >= 0.6 is 0 Å². The van der Waals surface area contributed by atoms with E-state index >= 15 is 0 Å². The number of aryl methyl sites for hydroxylation is 1. The Kier molecular flexibility index (Phi) is 3.56. The highest BCUT2D eigenvalue weighted by Crippen LogP contribution is 2.31. The van der Waals surface area contributed by atoms with Crippen LogP contribution in [0.25, 0.3) is 0 Å². The minimum atomic E-state index is -4.87. The van der Waals surface area contributed by atoms with E-state index in [1.165, 1.54) is 20.1 Å². The predicted molar refractivity (Wildman–Crippen MR) is 47.0 cm³/mol. The number of hydrogen-bond donors (Lipinski definition) is 0. The molecular formula is C9H9F4NO2. The van der Waals surface area contributed by atoms with Crippen molar-refractivity contribution in [3.05, 3.63) is 17.3 Å². The first-order valence-corrected chi connectivity index (χ1v) is 4.23. The van der Waals surface area contributed by atoms with Gasteiger partial charge in [0.25, 0.3) is 0 Å². The van der Waals surface area contributed by atoms with Crippen molar-refractivity contribution in [2.75, 3.05) is 7.11 Å². The van der Waals surface area contributed by atoms with Crippen LogP contribution in [-0.4, -0.2) is 18.5 Å². The van der Waals surface area contributed by atoms with Gasteiger partial charge in [0, 0.05) is 6.07 Å². The second-order valence-corrected chi connectivity index (χ2v) is 2.94. The summed E-state index contributed by atoms with van der Waals surface area (Å²) in [6, 6.07) is 1.24. The maximum absolute atomic E-state index is 12.5. The molecule has 0 saturated heterocycles. The normalized spacial score (nSPS) is 11.4. The lowest BCUT2D eigenvalue weighted by molar-refractivity contribution is -0.275. The van der Waals surface area contributed by atoms with Crippen molar-refractivity contribution in [3.8, 4) is 11.6 Å². The molecule has 0 saturated carbocycles. The zero-order chi connectivity index (χ0) is 12.3. The van der Waals surface area contributed by atoms with Crippen molar-refractivity contribution in [2.45, 2.75) is 20.0 Å². The van der Waals surface area contributed by atoms with Crippen LogP contribution in [0.5, 0.6) is 11.6 Å². The Bertz CT molecular complexity index is 379. The number of ether oxygens (including phenoxy) is 2. The number of methoxy groups -OCH3 is 1. The molecule has 0 aliphatic rings. The van der Waals surface area contributed by atoms with Gasteiger partial charge >= 0.3 is 6.36 Å². The minimum Gasteiger partial charge on any atom is -0.481 e. The van der Waals surface area contributed by atoms with Gasteiger partial charge in [-0.3, -0.25) is 0 Å². The van der Waals surface area contributed by atoms with Crippen molar-refractivity contribution < 1.29 is 27.0 Å². The lowest BCUT2D eigenvalue weighted by atomic mass is 10.2. The van der Waals surface area contributed by atoms with Gasteiger partial charge in [0.2, 0.25) is 5.88 Å². The minimum absolute atomic E-state index is 0.0414. The fraction of sp³-hybridized carbons (Fsp3) is 0.444. The highest BCUT2D eigenvalue weighted by atomic mass is 19.4. The lowest BCUT2D eigenvalue weighted by Crippen LogP contribution is -2.19. The molecule has 0 unspecified atom stereocenters. The smallest absolute Gasteiger partial charge is 0.481 e. The first-order valence-electron chi connectivity index (χ1n) is 4.23. The standard InChI is InChI=1S/C9H9F4NO2/c1-5-3-7(15-2)14-6(4-10)8(5)16-9(11,12)13/h3H,4H2,1-2H3. The SMILES string of the molecule is COc1cc(C)c(OC(F)(F)F)c(CF)n1. The van der Waals surface area contributed by atoms with Gasteiger partial charge in [0.1, 0.15) is 12.4 Å². The van der Waals surface area contributed by atoms with Crippen molar-refractivity contribution >= 4 is 0 Å². The lowest BCUT2D eigenvalue weighted by Gasteiger charge is -2.14. The molecule has 0 N–H and O–H groups in total. The number of pyridine rings is 1. The summed E-state index contributed by atoms with van der Waals surface area (Å²) in [5, 5.41) is 0. The maximum Gasteiger partial charge on any atom is 0.573 e. The Morgan fingerprint density at radius 1 is 1.38 bits per heavy atom. The third-order valence-electron chi connectivity index (χ3n) is 1.76. The Labute approximate surface area is 89.0 Å². The van der Waals surface area contributed by atoms with Crippen LogP contribution < -0.4 is 9.47 Å². The van der Waals surface area contributed by atoms with E-state index in [0.29, 0.717) is 0 Å². The highest BCUT2D eigenvalue weighted by Gasteiger charge is 2.33. The maximum atomic E-state index is 12.5. The van der Waals surface area contributed by atoms with E-state index in [1.807, 2.05) is 0 Å². The summed E-state index contributed by atoms with van der Waals surface area (Å²) in [4.78, 5) is 3.53. The zero-order valence-corrected chi connectivity index (χ0v) is 8.56. The van der Waals surface area contributed by atoms with Crippen molar-refractivity contribution in [1.29, 1.82) is 0 Å². The number of hydrogen-bond acceptors (Lipinski definition) is 3. The van der Waals surface area contributed by atoms with Gasteiger partial charge in [-0.1, -0.05) is 0 Å². The number of halogens is 4. The van der Waals surface area contributed by atoms with Crippen LogP contribution in [0.1, 0.15) is 11.3 Å². The van der Waals surface area contributed by atoms with Crippen LogP contribution in [0.3, 0.4) is 0 Å². The first kappa shape index (κ1) is 12.5. The Morgan fingerprint density at radius 3 is 2.44 bits per heavy atom. The van der Waals surface area contributed by atoms with Crippen molar-refractivity contribution in [3.63, 3.8) is 0 Å². The molecule has 0 amide bonds. The molecule has 0 fully saturated rings. The Hall–Kier alpha value is -1.53. The molecule has 1 aromatic rings. The van der Waals surface area contributed by atoms with Crippen molar-refractivity contribution in [2.24, 2.45) is 0 Å². The summed E-state index contributed by atoms with van der Waals surface area (Å²) in [6.07, 6.45) is -4.87. The first-order chi connectivity index (χ1) is 7.37. The summed E-state index contributed by atoms with van der Waals surface area (Å²) >= 11 is 0. The third-order valence-corrected chi connectivity index (χ3v) is 1.76. The van der Waals surface area contributed by atoms with Gasteiger partial charge in [0.05, 0.1) is 7.11 Å². The van der Waals surface area contributed by atoms with E-state index in [1.54, 1.807) is 0 Å². The monoisotopic (exact) mass is 239 g/mol. The molecule has 0 bridgehead atoms. The largest absolute Gasteiger partial charge is 0.573 e. The third kappa shape index (κ3) is 2.98. The molecule has 90 valence electrons. The molecule has 7 heteroatoms. The predicted octanol–water partition coefficient (Wildman–Crippen LogP) is 2.77. The molecule has 1 aromatic heterocycles. The van der Waals surface area contributed by atoms with Crippen LogP contribution in [0.2, 0.25) is 0 Å². The van der Waals surface area contributed by atoms with Gasteiger partial charge in [-0.15, -0.1) is 13.2 Å². The fourth-order valence-electron chi connectivity index (χ4n) is 1.14. The van der Waals surface area contributed by atoms with Crippen LogP contribution in [0, 0.1) is 6.92 Å². The van der Waals surface area contributed by atoms with Gasteiger partial charge in [-0.2, -0.15) is 0 Å². The molecule has 16 heavy (non-hydrogen) atoms. The summed E-state index contributed by atoms with van der Waals surface area (Å²) in [5.74, 6) is -0.574. The van der Waals surface area contributed by atoms with E-state index in [0.717, 1.165) is 0 Å². The molecular weight excluding hydrogens is 230 g/mol. The molecule has 1 rings (SSSR count). The molecule has 0 aliphatic carbocycles. The van der Waals surface area contributed by atoms with E-state index in [4.69, 9.17) is 4.74 Å². The molecule has 3 nitrogen and oxygen atoms in total. The average Bonchev–Trinajstić information content (AvgIpc) is 2.19. The van der Waals surface area contributed by atoms with E-state index in [-0.39, 0.29) is 11.4 Å². The van der Waals surface area contributed by atoms with E-state index in [9.17, 15) is 17.6 Å². The van der Waals surface area contributed by atoms with E-state index < -0.39 is 24.5 Å². The molecule has 0 aromatic carbocycles. The fourth-order valence-corrected chi connectivity index (χ4v) is 1.14. The van der Waals surface area contributed by atoms with E-state index in [2.05, 4.69) is 9.72 Å². The Balaban J connectivity index is 3.16. The van der Waals surface area contributed by atoms with Crippen LogP contribution in [-0.2, 0) is 6.67 Å². The van der Waals surface area contributed by atoms with Crippen LogP contribution in [0.4, 0.5) is 17.6 Å². The molecule has 0 spiro atoms.